The van der Waals surface area contributed by atoms with Crippen LogP contribution in [-0.4, -0.2) is 45.1 Å². The van der Waals surface area contributed by atoms with Crippen LogP contribution in [0.5, 0.6) is 11.6 Å². The molecule has 2 N–H and O–H groups in total. The van der Waals surface area contributed by atoms with Crippen LogP contribution in [0, 0.1) is 11.7 Å². The lowest BCUT2D eigenvalue weighted by atomic mass is 9.80. The smallest absolute Gasteiger partial charge is 0.219 e. The number of nitrogens with two attached hydrogens (primary N) is 1. The summed E-state index contributed by atoms with van der Waals surface area (Å²) in [5.74, 6) is 1.52. The van der Waals surface area contributed by atoms with E-state index in [-0.39, 0.29) is 5.52 Å². The molecule has 0 saturated heterocycles. The summed E-state index contributed by atoms with van der Waals surface area (Å²) in [7, 11) is 4.19. The molecule has 0 atom stereocenters. The van der Waals surface area contributed by atoms with Gasteiger partial charge in [0.05, 0.1) is 5.39 Å². The van der Waals surface area contributed by atoms with Crippen LogP contribution in [0.4, 0.5) is 10.2 Å². The number of nitrogens with zero attached hydrogens (tertiary/aromatic N) is 5. The van der Waals surface area contributed by atoms with Crippen molar-refractivity contribution in [3.05, 3.63) is 72.9 Å². The van der Waals surface area contributed by atoms with E-state index in [0.29, 0.717) is 51.3 Å². The number of fused-ring (bicyclic) bond motifs is 2. The summed E-state index contributed by atoms with van der Waals surface area (Å²) >= 11 is 0. The zero-order valence-corrected chi connectivity index (χ0v) is 20.2. The zero-order valence-electron chi connectivity index (χ0n) is 20.2. The summed E-state index contributed by atoms with van der Waals surface area (Å²) in [5.41, 5.74) is 8.38. The van der Waals surface area contributed by atoms with Gasteiger partial charge in [-0.25, -0.2) is 19.3 Å². The maximum atomic E-state index is 16.0. The van der Waals surface area contributed by atoms with Crippen LogP contribution in [0.2, 0.25) is 0 Å². The third-order valence-corrected chi connectivity index (χ3v) is 6.90. The SMILES string of the molecule is CN(C)CC1CC(n2cc(-c3ccc4ccc(Oc5ccccc5)nc4c3F)c3c(N)ncnc32)C1. The number of nitrogen functional groups attached to an aromatic ring is 1. The van der Waals surface area contributed by atoms with E-state index in [1.165, 1.54) is 6.33 Å². The first kappa shape index (κ1) is 22.4. The van der Waals surface area contributed by atoms with E-state index < -0.39 is 5.82 Å². The first-order valence-electron chi connectivity index (χ1n) is 12.1. The normalized spacial score (nSPS) is 17.6. The number of ether oxygens (including phenoxy) is 1. The topological polar surface area (TPSA) is 82.1 Å². The van der Waals surface area contributed by atoms with Gasteiger partial charge in [-0.2, -0.15) is 0 Å². The second-order valence-corrected chi connectivity index (χ2v) is 9.72. The number of hydrogen-bond acceptors (Lipinski definition) is 6. The highest BCUT2D eigenvalue weighted by Crippen LogP contribution is 2.43. The van der Waals surface area contributed by atoms with Crippen molar-refractivity contribution in [2.24, 2.45) is 5.92 Å². The van der Waals surface area contributed by atoms with E-state index in [0.717, 1.165) is 25.0 Å². The molecule has 36 heavy (non-hydrogen) atoms. The van der Waals surface area contributed by atoms with E-state index in [1.54, 1.807) is 12.1 Å². The number of halogens is 1. The van der Waals surface area contributed by atoms with Gasteiger partial charge in [0, 0.05) is 41.4 Å². The van der Waals surface area contributed by atoms with E-state index in [9.17, 15) is 0 Å². The van der Waals surface area contributed by atoms with Gasteiger partial charge in [-0.3, -0.25) is 0 Å². The van der Waals surface area contributed by atoms with Crippen molar-refractivity contribution in [1.29, 1.82) is 0 Å². The van der Waals surface area contributed by atoms with Crippen molar-refractivity contribution in [2.75, 3.05) is 26.4 Å². The Hall–Kier alpha value is -4.04. The van der Waals surface area contributed by atoms with Crippen LogP contribution in [0.15, 0.2) is 67.1 Å². The number of rotatable bonds is 6. The molecular weight excluding hydrogens is 455 g/mol. The molecule has 2 aromatic carbocycles. The van der Waals surface area contributed by atoms with Gasteiger partial charge in [0.15, 0.2) is 5.82 Å². The molecule has 1 fully saturated rings. The minimum atomic E-state index is -0.424. The lowest BCUT2D eigenvalue weighted by Crippen LogP contribution is -2.33. The average Bonchev–Trinajstić information content (AvgIpc) is 3.22. The van der Waals surface area contributed by atoms with Gasteiger partial charge in [0.2, 0.25) is 5.88 Å². The van der Waals surface area contributed by atoms with Crippen LogP contribution in [0.1, 0.15) is 18.9 Å². The van der Waals surface area contributed by atoms with Crippen LogP contribution >= 0.6 is 0 Å². The Morgan fingerprint density at radius 2 is 1.81 bits per heavy atom. The third kappa shape index (κ3) is 3.93. The quantitative estimate of drug-likeness (QED) is 0.336. The van der Waals surface area contributed by atoms with E-state index >= 15 is 4.39 Å². The number of pyridine rings is 1. The van der Waals surface area contributed by atoms with Crippen LogP contribution < -0.4 is 10.5 Å². The first-order valence-corrected chi connectivity index (χ1v) is 12.1. The van der Waals surface area contributed by atoms with Gasteiger partial charge in [0.1, 0.15) is 29.1 Å². The van der Waals surface area contributed by atoms with Gasteiger partial charge < -0.3 is 19.9 Å². The fraction of sp³-hybridized carbons (Fsp3) is 0.250. The number of aromatic nitrogens is 4. The Labute approximate surface area is 208 Å². The highest BCUT2D eigenvalue weighted by atomic mass is 19.1. The van der Waals surface area contributed by atoms with E-state index in [2.05, 4.69) is 38.5 Å². The average molecular weight is 483 g/mol. The highest BCUT2D eigenvalue weighted by molar-refractivity contribution is 6.02. The molecule has 0 spiro atoms. The third-order valence-electron chi connectivity index (χ3n) is 6.90. The molecule has 3 heterocycles. The van der Waals surface area contributed by atoms with Gasteiger partial charge in [-0.05, 0) is 51.1 Å². The Kier molecular flexibility index (Phi) is 5.53. The molecule has 3 aromatic heterocycles. The highest BCUT2D eigenvalue weighted by Gasteiger charge is 2.33. The van der Waals surface area contributed by atoms with E-state index in [1.807, 2.05) is 48.7 Å². The molecule has 0 bridgehead atoms. The summed E-state index contributed by atoms with van der Waals surface area (Å²) in [6, 6.07) is 16.8. The lowest BCUT2D eigenvalue weighted by Gasteiger charge is -2.38. The first-order chi connectivity index (χ1) is 17.5. The fourth-order valence-electron chi connectivity index (χ4n) is 5.19. The molecule has 7 nitrogen and oxygen atoms in total. The largest absolute Gasteiger partial charge is 0.439 e. The predicted molar refractivity (Wildman–Crippen MR) is 139 cm³/mol. The van der Waals surface area contributed by atoms with Crippen molar-refractivity contribution >= 4 is 27.8 Å². The molecular formula is C28H27FN6O. The summed E-state index contributed by atoms with van der Waals surface area (Å²) in [6.45, 7) is 1.05. The standard InChI is InChI=1S/C28H27FN6O/c1-34(2)14-17-12-19(13-17)35-15-22(24-27(30)31-16-32-28(24)35)21-10-8-18-9-11-23(33-26(18)25(21)29)36-20-6-4-3-5-7-20/h3-11,15-17,19H,12-14H2,1-2H3,(H2,30,31,32). The van der Waals surface area contributed by atoms with Crippen LogP contribution in [-0.2, 0) is 0 Å². The van der Waals surface area contributed by atoms with Gasteiger partial charge in [-0.15, -0.1) is 0 Å². The van der Waals surface area contributed by atoms with Crippen molar-refractivity contribution in [2.45, 2.75) is 18.9 Å². The zero-order chi connectivity index (χ0) is 24.8. The summed E-state index contributed by atoms with van der Waals surface area (Å²) in [6.07, 6.45) is 5.54. The molecule has 0 aliphatic heterocycles. The molecule has 0 amide bonds. The predicted octanol–water partition coefficient (Wildman–Crippen LogP) is 5.67. The summed E-state index contributed by atoms with van der Waals surface area (Å²) < 4.78 is 24.0. The van der Waals surface area contributed by atoms with Gasteiger partial charge in [0.25, 0.3) is 0 Å². The second-order valence-electron chi connectivity index (χ2n) is 9.72. The molecule has 8 heteroatoms. The Morgan fingerprint density at radius 3 is 2.58 bits per heavy atom. The number of hydrogen-bond donors (Lipinski definition) is 1. The summed E-state index contributed by atoms with van der Waals surface area (Å²) in [4.78, 5) is 15.4. The molecule has 5 aromatic rings. The molecule has 1 aliphatic carbocycles. The Morgan fingerprint density at radius 1 is 1.03 bits per heavy atom. The maximum Gasteiger partial charge on any atom is 0.219 e. The van der Waals surface area contributed by atoms with Crippen molar-refractivity contribution in [1.82, 2.24) is 24.4 Å². The number of benzene rings is 2. The monoisotopic (exact) mass is 482 g/mol. The molecule has 0 unspecified atom stereocenters. The molecule has 0 radical (unpaired) electrons. The lowest BCUT2D eigenvalue weighted by molar-refractivity contribution is 0.159. The fourth-order valence-corrected chi connectivity index (χ4v) is 5.19. The second kappa shape index (κ2) is 8.87. The van der Waals surface area contributed by atoms with Crippen molar-refractivity contribution < 1.29 is 9.13 Å². The van der Waals surface area contributed by atoms with Gasteiger partial charge in [-0.1, -0.05) is 30.3 Å². The molecule has 182 valence electrons. The van der Waals surface area contributed by atoms with E-state index in [4.69, 9.17) is 10.5 Å². The Bertz CT molecular complexity index is 1560. The van der Waals surface area contributed by atoms with Crippen LogP contribution in [0.3, 0.4) is 0 Å². The minimum absolute atomic E-state index is 0.243. The molecule has 1 saturated carbocycles. The molecule has 6 rings (SSSR count). The maximum absolute atomic E-state index is 16.0. The van der Waals surface area contributed by atoms with Crippen LogP contribution in [0.25, 0.3) is 33.1 Å². The van der Waals surface area contributed by atoms with Crippen molar-refractivity contribution in [3.63, 3.8) is 0 Å². The number of para-hydroxylation sites is 1. The molecule has 1 aliphatic rings. The van der Waals surface area contributed by atoms with Crippen molar-refractivity contribution in [3.8, 4) is 22.8 Å². The Balaban J connectivity index is 1.42. The minimum Gasteiger partial charge on any atom is -0.439 e. The van der Waals surface area contributed by atoms with Gasteiger partial charge >= 0.3 is 0 Å². The summed E-state index contributed by atoms with van der Waals surface area (Å²) in [5, 5.41) is 1.36. The number of anilines is 1.